The Morgan fingerprint density at radius 2 is 1.64 bits per heavy atom. The Bertz CT molecular complexity index is 416. The molecule has 0 bridgehead atoms. The molecule has 0 aliphatic carbocycles. The molecule has 0 aliphatic rings. The van der Waals surface area contributed by atoms with Crippen LogP contribution in [0.4, 0.5) is 4.79 Å². The van der Waals surface area contributed by atoms with Gasteiger partial charge in [0.25, 0.3) is 0 Å². The molecule has 0 spiro atoms. The van der Waals surface area contributed by atoms with Gasteiger partial charge in [0, 0.05) is 6.54 Å². The first-order chi connectivity index (χ1) is 9.94. The van der Waals surface area contributed by atoms with Crippen LogP contribution >= 0.6 is 0 Å². The number of nitrogens with zero attached hydrogens (tertiary/aromatic N) is 1. The van der Waals surface area contributed by atoms with Crippen LogP contribution in [0.3, 0.4) is 0 Å². The fourth-order valence-electron chi connectivity index (χ4n) is 1.52. The molecule has 1 atom stereocenters. The van der Waals surface area contributed by atoms with E-state index in [9.17, 15) is 9.59 Å². The molecule has 0 radical (unpaired) electrons. The van der Waals surface area contributed by atoms with Gasteiger partial charge in [-0.05, 0) is 54.4 Å². The molecule has 0 aromatic carbocycles. The lowest BCUT2D eigenvalue weighted by molar-refractivity contribution is -0.157. The molecule has 0 aromatic rings. The Morgan fingerprint density at radius 3 is 2.09 bits per heavy atom. The number of carbonyl (C=O) groups is 2. The maximum absolute atomic E-state index is 12.1. The van der Waals surface area contributed by atoms with Gasteiger partial charge in [0.15, 0.2) is 6.19 Å². The Morgan fingerprint density at radius 1 is 1.09 bits per heavy atom. The van der Waals surface area contributed by atoms with E-state index in [4.69, 9.17) is 14.7 Å². The van der Waals surface area contributed by atoms with Crippen LogP contribution in [-0.2, 0) is 14.3 Å². The van der Waals surface area contributed by atoms with Crippen LogP contribution in [0.5, 0.6) is 0 Å². The van der Waals surface area contributed by atoms with Crippen molar-refractivity contribution in [3.8, 4) is 6.19 Å². The van der Waals surface area contributed by atoms with E-state index >= 15 is 0 Å². The minimum absolute atomic E-state index is 0.350. The first-order valence-electron chi connectivity index (χ1n) is 7.29. The number of hydrogen-bond donors (Lipinski definition) is 2. The van der Waals surface area contributed by atoms with Crippen molar-refractivity contribution < 1.29 is 19.1 Å². The van der Waals surface area contributed by atoms with Crippen molar-refractivity contribution in [1.29, 1.82) is 5.26 Å². The van der Waals surface area contributed by atoms with Crippen molar-refractivity contribution in [1.82, 2.24) is 10.6 Å². The second-order valence-electron chi connectivity index (χ2n) is 6.91. The molecular formula is C15H27N3O4. The molecule has 0 saturated heterocycles. The number of nitrogens with one attached hydrogen (secondary N) is 2. The van der Waals surface area contributed by atoms with Crippen molar-refractivity contribution in [3.63, 3.8) is 0 Å². The lowest BCUT2D eigenvalue weighted by Crippen LogP contribution is -2.46. The van der Waals surface area contributed by atoms with E-state index in [-0.39, 0.29) is 0 Å². The van der Waals surface area contributed by atoms with E-state index in [2.05, 4.69) is 10.6 Å². The highest BCUT2D eigenvalue weighted by Crippen LogP contribution is 2.12. The number of nitriles is 1. The predicted molar refractivity (Wildman–Crippen MR) is 81.9 cm³/mol. The van der Waals surface area contributed by atoms with Crippen molar-refractivity contribution >= 4 is 12.1 Å². The molecule has 2 N–H and O–H groups in total. The van der Waals surface area contributed by atoms with Gasteiger partial charge in [0.1, 0.15) is 17.2 Å². The van der Waals surface area contributed by atoms with E-state index in [1.807, 2.05) is 0 Å². The van der Waals surface area contributed by atoms with Gasteiger partial charge in [0.05, 0.1) is 0 Å². The third-order valence-corrected chi connectivity index (χ3v) is 2.26. The summed E-state index contributed by atoms with van der Waals surface area (Å²) >= 11 is 0. The van der Waals surface area contributed by atoms with Gasteiger partial charge < -0.3 is 20.1 Å². The van der Waals surface area contributed by atoms with Crippen LogP contribution < -0.4 is 10.6 Å². The minimum atomic E-state index is -0.811. The zero-order valence-corrected chi connectivity index (χ0v) is 14.3. The Kier molecular flexibility index (Phi) is 7.71. The van der Waals surface area contributed by atoms with Gasteiger partial charge in [-0.3, -0.25) is 0 Å². The van der Waals surface area contributed by atoms with Crippen LogP contribution in [-0.4, -0.2) is 35.9 Å². The molecule has 22 heavy (non-hydrogen) atoms. The molecular weight excluding hydrogens is 286 g/mol. The Balaban J connectivity index is 4.68. The summed E-state index contributed by atoms with van der Waals surface area (Å²) in [6.07, 6.45) is 2.02. The summed E-state index contributed by atoms with van der Waals surface area (Å²) in [7, 11) is 0. The minimum Gasteiger partial charge on any atom is -0.458 e. The zero-order valence-electron chi connectivity index (χ0n) is 14.3. The molecule has 0 aliphatic heterocycles. The molecule has 0 rings (SSSR count). The predicted octanol–water partition coefficient (Wildman–Crippen LogP) is 2.07. The lowest BCUT2D eigenvalue weighted by Gasteiger charge is -2.26. The summed E-state index contributed by atoms with van der Waals surface area (Å²) in [4.78, 5) is 24.0. The van der Waals surface area contributed by atoms with Gasteiger partial charge in [-0.2, -0.15) is 5.26 Å². The van der Waals surface area contributed by atoms with E-state index in [0.717, 1.165) is 0 Å². The molecule has 0 heterocycles. The summed E-state index contributed by atoms with van der Waals surface area (Å²) in [6.45, 7) is 10.9. The van der Waals surface area contributed by atoms with Crippen molar-refractivity contribution in [3.05, 3.63) is 0 Å². The molecule has 0 fully saturated rings. The molecule has 0 saturated carbocycles. The Labute approximate surface area is 132 Å². The number of amides is 1. The largest absolute Gasteiger partial charge is 0.458 e. The van der Waals surface area contributed by atoms with Gasteiger partial charge in [-0.15, -0.1) is 0 Å². The zero-order chi connectivity index (χ0) is 17.4. The van der Waals surface area contributed by atoms with E-state index < -0.39 is 29.3 Å². The molecule has 1 amide bonds. The average Bonchev–Trinajstić information content (AvgIpc) is 2.28. The number of carbonyl (C=O) groups excluding carboxylic acids is 2. The normalized spacial score (nSPS) is 12.8. The topological polar surface area (TPSA) is 100 Å². The number of esters is 1. The van der Waals surface area contributed by atoms with Gasteiger partial charge in [-0.1, -0.05) is 0 Å². The summed E-state index contributed by atoms with van der Waals surface area (Å²) in [5.74, 6) is -0.518. The standard InChI is InChI=1S/C15H27N3O4/c1-14(2,3)21-12(19)11(8-7-9-17-10-16)18-13(20)22-15(4,5)6/h11,17H,7-9H2,1-6H3,(H,18,20)/t11-/m0/s1. The van der Waals surface area contributed by atoms with Crippen LogP contribution in [0.15, 0.2) is 0 Å². The smallest absolute Gasteiger partial charge is 0.408 e. The summed E-state index contributed by atoms with van der Waals surface area (Å²) < 4.78 is 10.4. The monoisotopic (exact) mass is 313 g/mol. The van der Waals surface area contributed by atoms with Crippen molar-refractivity contribution in [2.24, 2.45) is 0 Å². The quantitative estimate of drug-likeness (QED) is 0.337. The first kappa shape index (κ1) is 20.0. The van der Waals surface area contributed by atoms with Crippen LogP contribution in [0.1, 0.15) is 54.4 Å². The lowest BCUT2D eigenvalue weighted by atomic mass is 10.1. The molecule has 7 nitrogen and oxygen atoms in total. The molecule has 7 heteroatoms. The van der Waals surface area contributed by atoms with E-state index in [1.165, 1.54) is 0 Å². The summed E-state index contributed by atoms with van der Waals surface area (Å²) in [5.41, 5.74) is -1.29. The SMILES string of the molecule is CC(C)(C)OC(=O)N[C@@H](CCCNC#N)C(=O)OC(C)(C)C. The summed E-state index contributed by atoms with van der Waals surface area (Å²) in [5, 5.41) is 13.4. The third kappa shape index (κ3) is 10.8. The maximum Gasteiger partial charge on any atom is 0.408 e. The van der Waals surface area contributed by atoms with Crippen LogP contribution in [0.25, 0.3) is 0 Å². The van der Waals surface area contributed by atoms with Crippen LogP contribution in [0, 0.1) is 11.5 Å². The number of hydrogen-bond acceptors (Lipinski definition) is 6. The molecule has 0 aromatic heterocycles. The molecule has 0 unspecified atom stereocenters. The Hall–Kier alpha value is -1.97. The van der Waals surface area contributed by atoms with E-state index in [0.29, 0.717) is 19.4 Å². The number of alkyl carbamates (subject to hydrolysis) is 1. The van der Waals surface area contributed by atoms with Crippen molar-refractivity contribution in [2.45, 2.75) is 71.6 Å². The van der Waals surface area contributed by atoms with Gasteiger partial charge >= 0.3 is 12.1 Å². The third-order valence-electron chi connectivity index (χ3n) is 2.26. The fraction of sp³-hybridized carbons (Fsp3) is 0.800. The van der Waals surface area contributed by atoms with Gasteiger partial charge in [-0.25, -0.2) is 9.59 Å². The second kappa shape index (κ2) is 8.47. The maximum atomic E-state index is 12.1. The summed E-state index contributed by atoms with van der Waals surface area (Å²) in [6, 6.07) is -0.811. The van der Waals surface area contributed by atoms with E-state index in [1.54, 1.807) is 47.7 Å². The second-order valence-corrected chi connectivity index (χ2v) is 6.91. The highest BCUT2D eigenvalue weighted by molar-refractivity contribution is 5.81. The van der Waals surface area contributed by atoms with Gasteiger partial charge in [0.2, 0.25) is 0 Å². The highest BCUT2D eigenvalue weighted by atomic mass is 16.6. The van der Waals surface area contributed by atoms with Crippen LogP contribution in [0.2, 0.25) is 0 Å². The number of rotatable bonds is 6. The first-order valence-corrected chi connectivity index (χ1v) is 7.29. The van der Waals surface area contributed by atoms with Crippen molar-refractivity contribution in [2.75, 3.05) is 6.54 Å². The fourth-order valence-corrected chi connectivity index (χ4v) is 1.52. The molecule has 126 valence electrons. The highest BCUT2D eigenvalue weighted by Gasteiger charge is 2.28. The number of ether oxygens (including phenoxy) is 2. The average molecular weight is 313 g/mol.